The van der Waals surface area contributed by atoms with E-state index in [2.05, 4.69) is 29.5 Å². The zero-order chi connectivity index (χ0) is 9.97. The molecule has 74 valence electrons. The fourth-order valence-electron chi connectivity index (χ4n) is 1.73. The minimum atomic E-state index is 0.712. The minimum absolute atomic E-state index is 0.712. The van der Waals surface area contributed by atoms with E-state index in [9.17, 15) is 0 Å². The van der Waals surface area contributed by atoms with E-state index in [0.717, 1.165) is 12.3 Å². The van der Waals surface area contributed by atoms with Gasteiger partial charge in [-0.3, -0.25) is 4.40 Å². The Morgan fingerprint density at radius 1 is 1.29 bits per heavy atom. The van der Waals surface area contributed by atoms with Crippen molar-refractivity contribution < 1.29 is 4.74 Å². The van der Waals surface area contributed by atoms with Crippen molar-refractivity contribution in [2.24, 2.45) is 0 Å². The molecule has 0 saturated carbocycles. The molecule has 0 unspecified atom stereocenters. The molecular formula is C12H15NO. The number of fused-ring (bicyclic) bond motifs is 1. The molecule has 0 atom stereocenters. The average Bonchev–Trinajstić information content (AvgIpc) is 2.58. The van der Waals surface area contributed by atoms with E-state index in [4.69, 9.17) is 4.74 Å². The second kappa shape index (κ2) is 3.74. The largest absolute Gasteiger partial charge is 0.479 e. The number of pyridine rings is 1. The predicted molar refractivity (Wildman–Crippen MR) is 57.9 cm³/mol. The Labute approximate surface area is 84.1 Å². The van der Waals surface area contributed by atoms with Crippen LogP contribution in [0.1, 0.15) is 19.4 Å². The first-order chi connectivity index (χ1) is 6.86. The van der Waals surface area contributed by atoms with Gasteiger partial charge in [0, 0.05) is 12.3 Å². The molecule has 0 aliphatic carbocycles. The van der Waals surface area contributed by atoms with Gasteiger partial charge in [-0.15, -0.1) is 0 Å². The van der Waals surface area contributed by atoms with E-state index >= 15 is 0 Å². The fourth-order valence-corrected chi connectivity index (χ4v) is 1.73. The molecule has 0 bridgehead atoms. The zero-order valence-corrected chi connectivity index (χ0v) is 8.66. The third-order valence-corrected chi connectivity index (χ3v) is 2.40. The second-order valence-corrected chi connectivity index (χ2v) is 3.25. The third-order valence-electron chi connectivity index (χ3n) is 2.40. The van der Waals surface area contributed by atoms with Gasteiger partial charge in [0.2, 0.25) is 0 Å². The van der Waals surface area contributed by atoms with Crippen LogP contribution in [-0.2, 0) is 6.42 Å². The zero-order valence-electron chi connectivity index (χ0n) is 8.66. The summed E-state index contributed by atoms with van der Waals surface area (Å²) in [6.45, 7) is 4.89. The van der Waals surface area contributed by atoms with E-state index in [1.165, 1.54) is 11.1 Å². The number of ether oxygens (including phenoxy) is 1. The molecule has 0 fully saturated rings. The van der Waals surface area contributed by atoms with Crippen LogP contribution in [0.5, 0.6) is 5.88 Å². The van der Waals surface area contributed by atoms with Crippen LogP contribution in [0.3, 0.4) is 0 Å². The molecule has 0 aliphatic rings. The lowest BCUT2D eigenvalue weighted by atomic mass is 10.2. The van der Waals surface area contributed by atoms with Crippen molar-refractivity contribution in [1.29, 1.82) is 0 Å². The highest BCUT2D eigenvalue weighted by Gasteiger charge is 2.06. The highest BCUT2D eigenvalue weighted by atomic mass is 16.5. The molecule has 0 aliphatic heterocycles. The van der Waals surface area contributed by atoms with Gasteiger partial charge >= 0.3 is 0 Å². The molecule has 2 heteroatoms. The normalized spacial score (nSPS) is 10.7. The number of hydrogen-bond donors (Lipinski definition) is 0. The quantitative estimate of drug-likeness (QED) is 0.723. The molecule has 2 nitrogen and oxygen atoms in total. The van der Waals surface area contributed by atoms with E-state index in [1.54, 1.807) is 0 Å². The summed E-state index contributed by atoms with van der Waals surface area (Å²) in [6, 6.07) is 8.33. The van der Waals surface area contributed by atoms with E-state index in [0.29, 0.717) is 6.61 Å². The van der Waals surface area contributed by atoms with Crippen LogP contribution >= 0.6 is 0 Å². The Kier molecular flexibility index (Phi) is 2.44. The molecule has 0 aromatic carbocycles. The molecule has 2 aromatic rings. The number of rotatable bonds is 3. The SMILES string of the molecule is CCOc1cc(CC)c2ccccn12. The molecule has 0 saturated heterocycles. The lowest BCUT2D eigenvalue weighted by Crippen LogP contribution is -1.94. The molecule has 0 N–H and O–H groups in total. The molecule has 0 spiro atoms. The Hall–Kier alpha value is -1.44. The lowest BCUT2D eigenvalue weighted by molar-refractivity contribution is 0.324. The molecule has 14 heavy (non-hydrogen) atoms. The van der Waals surface area contributed by atoms with E-state index < -0.39 is 0 Å². The molecule has 2 heterocycles. The van der Waals surface area contributed by atoms with Gasteiger partial charge in [-0.1, -0.05) is 13.0 Å². The van der Waals surface area contributed by atoms with E-state index in [-0.39, 0.29) is 0 Å². The second-order valence-electron chi connectivity index (χ2n) is 3.25. The van der Waals surface area contributed by atoms with Crippen LogP contribution in [0.2, 0.25) is 0 Å². The predicted octanol–water partition coefficient (Wildman–Crippen LogP) is 2.90. The summed E-state index contributed by atoms with van der Waals surface area (Å²) in [7, 11) is 0. The first-order valence-electron chi connectivity index (χ1n) is 5.08. The van der Waals surface area contributed by atoms with Crippen molar-refractivity contribution in [2.75, 3.05) is 6.61 Å². The first-order valence-corrected chi connectivity index (χ1v) is 5.08. The summed E-state index contributed by atoms with van der Waals surface area (Å²) in [5, 5.41) is 0. The summed E-state index contributed by atoms with van der Waals surface area (Å²) in [4.78, 5) is 0. The van der Waals surface area contributed by atoms with Gasteiger partial charge in [-0.2, -0.15) is 0 Å². The Morgan fingerprint density at radius 2 is 2.14 bits per heavy atom. The minimum Gasteiger partial charge on any atom is -0.479 e. The fraction of sp³-hybridized carbons (Fsp3) is 0.333. The van der Waals surface area contributed by atoms with Gasteiger partial charge in [0.05, 0.1) is 12.1 Å². The lowest BCUT2D eigenvalue weighted by Gasteiger charge is -2.02. The third kappa shape index (κ3) is 1.37. The molecular weight excluding hydrogens is 174 g/mol. The van der Waals surface area contributed by atoms with Crippen LogP contribution < -0.4 is 4.74 Å². The van der Waals surface area contributed by atoms with Crippen LogP contribution in [0.25, 0.3) is 5.52 Å². The highest BCUT2D eigenvalue weighted by Crippen LogP contribution is 2.22. The van der Waals surface area contributed by atoms with Crippen LogP contribution in [0.4, 0.5) is 0 Å². The summed E-state index contributed by atoms with van der Waals surface area (Å²) in [6.07, 6.45) is 3.08. The van der Waals surface area contributed by atoms with Gasteiger partial charge in [0.1, 0.15) is 0 Å². The van der Waals surface area contributed by atoms with Crippen LogP contribution in [-0.4, -0.2) is 11.0 Å². The van der Waals surface area contributed by atoms with Crippen molar-refractivity contribution in [3.63, 3.8) is 0 Å². The molecule has 0 amide bonds. The van der Waals surface area contributed by atoms with Gasteiger partial charge < -0.3 is 4.74 Å². The van der Waals surface area contributed by atoms with Crippen molar-refractivity contribution in [3.8, 4) is 5.88 Å². The van der Waals surface area contributed by atoms with Gasteiger partial charge in [0.15, 0.2) is 5.88 Å². The average molecular weight is 189 g/mol. The summed E-state index contributed by atoms with van der Waals surface area (Å²) < 4.78 is 7.66. The molecule has 0 radical (unpaired) electrons. The van der Waals surface area contributed by atoms with Crippen molar-refractivity contribution >= 4 is 5.52 Å². The van der Waals surface area contributed by atoms with Gasteiger partial charge in [-0.05, 0) is 31.0 Å². The smallest absolute Gasteiger partial charge is 0.198 e. The van der Waals surface area contributed by atoms with Crippen molar-refractivity contribution in [1.82, 2.24) is 4.40 Å². The number of hydrogen-bond acceptors (Lipinski definition) is 1. The van der Waals surface area contributed by atoms with Crippen LogP contribution in [0.15, 0.2) is 30.5 Å². The van der Waals surface area contributed by atoms with Crippen molar-refractivity contribution in [2.45, 2.75) is 20.3 Å². The number of aryl methyl sites for hydroxylation is 1. The standard InChI is InChI=1S/C12H15NO/c1-3-10-9-12(14-4-2)13-8-6-5-7-11(10)13/h5-9H,3-4H2,1-2H3. The van der Waals surface area contributed by atoms with Crippen LogP contribution in [0, 0.1) is 0 Å². The monoisotopic (exact) mass is 189 g/mol. The van der Waals surface area contributed by atoms with E-state index in [1.807, 2.05) is 19.2 Å². The topological polar surface area (TPSA) is 13.6 Å². The molecule has 2 aromatic heterocycles. The maximum atomic E-state index is 5.56. The Bertz CT molecular complexity index is 431. The number of aromatic nitrogens is 1. The first kappa shape index (κ1) is 9.13. The molecule has 2 rings (SSSR count). The van der Waals surface area contributed by atoms with Crippen molar-refractivity contribution in [3.05, 3.63) is 36.0 Å². The van der Waals surface area contributed by atoms with Gasteiger partial charge in [0.25, 0.3) is 0 Å². The maximum absolute atomic E-state index is 5.56. The van der Waals surface area contributed by atoms with Gasteiger partial charge in [-0.25, -0.2) is 0 Å². The summed E-state index contributed by atoms with van der Waals surface area (Å²) in [5.41, 5.74) is 2.59. The Morgan fingerprint density at radius 3 is 2.86 bits per heavy atom. The Balaban J connectivity index is 2.61. The summed E-state index contributed by atoms with van der Waals surface area (Å²) >= 11 is 0. The highest BCUT2D eigenvalue weighted by molar-refractivity contribution is 5.59. The maximum Gasteiger partial charge on any atom is 0.198 e. The summed E-state index contributed by atoms with van der Waals surface area (Å²) in [5.74, 6) is 0.944. The number of nitrogens with zero attached hydrogens (tertiary/aromatic N) is 1.